The summed E-state index contributed by atoms with van der Waals surface area (Å²) in [7, 11) is 4.53. The van der Waals surface area contributed by atoms with Gasteiger partial charge in [0.25, 0.3) is 5.91 Å². The largest absolute Gasteiger partial charge is 0.493 e. The first-order chi connectivity index (χ1) is 13.0. The van der Waals surface area contributed by atoms with Gasteiger partial charge < -0.3 is 24.3 Å². The molecule has 0 bridgehead atoms. The summed E-state index contributed by atoms with van der Waals surface area (Å²) < 4.78 is 20.9. The van der Waals surface area contributed by atoms with Crippen LogP contribution in [0.2, 0.25) is 0 Å². The third kappa shape index (κ3) is 5.77. The van der Waals surface area contributed by atoms with E-state index in [1.165, 1.54) is 27.8 Å². The second-order valence-corrected chi connectivity index (χ2v) is 6.81. The van der Waals surface area contributed by atoms with Crippen LogP contribution < -0.4 is 19.5 Å². The molecule has 0 saturated heterocycles. The number of benzene rings is 1. The molecular weight excluding hydrogens is 350 g/mol. The second kappa shape index (κ2) is 10.0. The molecule has 1 aliphatic carbocycles. The van der Waals surface area contributed by atoms with E-state index in [-0.39, 0.29) is 25.0 Å². The van der Waals surface area contributed by atoms with Crippen molar-refractivity contribution in [2.45, 2.75) is 45.1 Å². The van der Waals surface area contributed by atoms with Gasteiger partial charge in [0.1, 0.15) is 0 Å². The Bertz CT molecular complexity index is 635. The average Bonchev–Trinajstić information content (AvgIpc) is 2.67. The first kappa shape index (κ1) is 20.9. The number of methoxy groups -OCH3 is 3. The predicted molar refractivity (Wildman–Crippen MR) is 100 cm³/mol. The maximum atomic E-state index is 12.1. The summed E-state index contributed by atoms with van der Waals surface area (Å²) >= 11 is 0. The second-order valence-electron chi connectivity index (χ2n) is 6.81. The van der Waals surface area contributed by atoms with Gasteiger partial charge in [0.2, 0.25) is 5.75 Å². The molecule has 0 aromatic heterocycles. The SMILES string of the molecule is COc1cc(CC(=O)OCC(=O)N[C@@H]2CCCC[C@H]2C)cc(OC)c1OC. The van der Waals surface area contributed by atoms with Crippen LogP contribution >= 0.6 is 0 Å². The molecule has 1 aromatic carbocycles. The van der Waals surface area contributed by atoms with Crippen molar-refractivity contribution >= 4 is 11.9 Å². The lowest BCUT2D eigenvalue weighted by Gasteiger charge is -2.29. The summed E-state index contributed by atoms with van der Waals surface area (Å²) in [5.41, 5.74) is 0.649. The summed E-state index contributed by atoms with van der Waals surface area (Å²) in [6, 6.07) is 3.54. The Kier molecular flexibility index (Phi) is 7.76. The number of carbonyl (C=O) groups excluding carboxylic acids is 2. The van der Waals surface area contributed by atoms with E-state index in [1.54, 1.807) is 12.1 Å². The number of ether oxygens (including phenoxy) is 4. The van der Waals surface area contributed by atoms with Crippen molar-refractivity contribution in [3.63, 3.8) is 0 Å². The predicted octanol–water partition coefficient (Wildman–Crippen LogP) is 2.49. The molecule has 0 radical (unpaired) electrons. The number of carbonyl (C=O) groups is 2. The van der Waals surface area contributed by atoms with Crippen LogP contribution in [0.4, 0.5) is 0 Å². The molecule has 1 N–H and O–H groups in total. The van der Waals surface area contributed by atoms with Crippen molar-refractivity contribution in [1.82, 2.24) is 5.32 Å². The van der Waals surface area contributed by atoms with Crippen LogP contribution in [0.15, 0.2) is 12.1 Å². The fraction of sp³-hybridized carbons (Fsp3) is 0.600. The van der Waals surface area contributed by atoms with Crippen LogP contribution in [0, 0.1) is 5.92 Å². The molecule has 27 heavy (non-hydrogen) atoms. The lowest BCUT2D eigenvalue weighted by atomic mass is 9.86. The third-order valence-electron chi connectivity index (χ3n) is 4.90. The minimum absolute atomic E-state index is 0.00380. The van der Waals surface area contributed by atoms with Gasteiger partial charge in [-0.2, -0.15) is 0 Å². The average molecular weight is 379 g/mol. The molecule has 0 unspecified atom stereocenters. The molecular formula is C20H29NO6. The van der Waals surface area contributed by atoms with Crippen molar-refractivity contribution in [3.05, 3.63) is 17.7 Å². The maximum absolute atomic E-state index is 12.1. The third-order valence-corrected chi connectivity index (χ3v) is 4.90. The highest BCUT2D eigenvalue weighted by molar-refractivity contribution is 5.81. The Labute approximate surface area is 160 Å². The zero-order valence-electron chi connectivity index (χ0n) is 16.5. The van der Waals surface area contributed by atoms with E-state index in [4.69, 9.17) is 18.9 Å². The summed E-state index contributed by atoms with van der Waals surface area (Å²) in [6.07, 6.45) is 4.43. The van der Waals surface area contributed by atoms with Gasteiger partial charge in [-0.25, -0.2) is 0 Å². The van der Waals surface area contributed by atoms with Crippen LogP contribution in [0.3, 0.4) is 0 Å². The first-order valence-corrected chi connectivity index (χ1v) is 9.22. The van der Waals surface area contributed by atoms with Gasteiger partial charge >= 0.3 is 5.97 Å². The Morgan fingerprint density at radius 1 is 1.04 bits per heavy atom. The molecule has 150 valence electrons. The highest BCUT2D eigenvalue weighted by Crippen LogP contribution is 2.38. The fourth-order valence-electron chi connectivity index (χ4n) is 3.38. The quantitative estimate of drug-likeness (QED) is 0.699. The number of amides is 1. The minimum atomic E-state index is -0.490. The van der Waals surface area contributed by atoms with E-state index >= 15 is 0 Å². The molecule has 0 heterocycles. The Morgan fingerprint density at radius 3 is 2.22 bits per heavy atom. The normalized spacial score (nSPS) is 19.1. The molecule has 1 amide bonds. The lowest BCUT2D eigenvalue weighted by molar-refractivity contribution is -0.148. The van der Waals surface area contributed by atoms with Crippen LogP contribution in [-0.2, 0) is 20.7 Å². The topological polar surface area (TPSA) is 83.1 Å². The summed E-state index contributed by atoms with van der Waals surface area (Å²) in [5.74, 6) is 1.09. The highest BCUT2D eigenvalue weighted by Gasteiger charge is 2.23. The molecule has 7 nitrogen and oxygen atoms in total. The van der Waals surface area contributed by atoms with Crippen molar-refractivity contribution in [3.8, 4) is 17.2 Å². The van der Waals surface area contributed by atoms with Crippen molar-refractivity contribution in [2.24, 2.45) is 5.92 Å². The Balaban J connectivity index is 1.89. The number of nitrogens with one attached hydrogen (secondary N) is 1. The number of esters is 1. The molecule has 0 aliphatic heterocycles. The van der Waals surface area contributed by atoms with Crippen molar-refractivity contribution in [2.75, 3.05) is 27.9 Å². The molecule has 7 heteroatoms. The standard InChI is InChI=1S/C20H29NO6/c1-13-7-5-6-8-15(13)21-18(22)12-27-19(23)11-14-9-16(24-2)20(26-4)17(10-14)25-3/h9-10,13,15H,5-8,11-12H2,1-4H3,(H,21,22)/t13-,15-/m1/s1. The summed E-state index contributed by atoms with van der Waals surface area (Å²) in [4.78, 5) is 24.2. The van der Waals surface area contributed by atoms with Gasteiger partial charge in [-0.15, -0.1) is 0 Å². The first-order valence-electron chi connectivity index (χ1n) is 9.22. The molecule has 1 fully saturated rings. The smallest absolute Gasteiger partial charge is 0.310 e. The molecule has 1 aromatic rings. The molecule has 1 aliphatic rings. The monoisotopic (exact) mass is 379 g/mol. The zero-order chi connectivity index (χ0) is 19.8. The fourth-order valence-corrected chi connectivity index (χ4v) is 3.38. The van der Waals surface area contributed by atoms with E-state index in [2.05, 4.69) is 12.2 Å². The molecule has 0 spiro atoms. The molecule has 2 atom stereocenters. The highest BCUT2D eigenvalue weighted by atomic mass is 16.5. The zero-order valence-corrected chi connectivity index (χ0v) is 16.5. The van der Waals surface area contributed by atoms with Crippen LogP contribution in [0.1, 0.15) is 38.2 Å². The Morgan fingerprint density at radius 2 is 1.67 bits per heavy atom. The van der Waals surface area contributed by atoms with Gasteiger partial charge in [0, 0.05) is 6.04 Å². The number of rotatable bonds is 8. The number of hydrogen-bond donors (Lipinski definition) is 1. The maximum Gasteiger partial charge on any atom is 0.310 e. The summed E-state index contributed by atoms with van der Waals surface area (Å²) in [5, 5.41) is 2.97. The van der Waals surface area contributed by atoms with Gasteiger partial charge in [0.15, 0.2) is 18.1 Å². The summed E-state index contributed by atoms with van der Waals surface area (Å²) in [6.45, 7) is 1.87. The van der Waals surface area contributed by atoms with Crippen molar-refractivity contribution < 1.29 is 28.5 Å². The molecule has 2 rings (SSSR count). The minimum Gasteiger partial charge on any atom is -0.493 e. The van der Waals surface area contributed by atoms with Crippen LogP contribution in [-0.4, -0.2) is 45.9 Å². The van der Waals surface area contributed by atoms with Gasteiger partial charge in [-0.1, -0.05) is 19.8 Å². The number of hydrogen-bond acceptors (Lipinski definition) is 6. The molecule has 1 saturated carbocycles. The van der Waals surface area contributed by atoms with E-state index in [1.807, 2.05) is 0 Å². The van der Waals surface area contributed by atoms with Crippen LogP contribution in [0.25, 0.3) is 0 Å². The lowest BCUT2D eigenvalue weighted by Crippen LogP contribution is -2.42. The van der Waals surface area contributed by atoms with E-state index in [0.29, 0.717) is 28.7 Å². The van der Waals surface area contributed by atoms with Crippen molar-refractivity contribution in [1.29, 1.82) is 0 Å². The van der Waals surface area contributed by atoms with Gasteiger partial charge in [-0.3, -0.25) is 9.59 Å². The van der Waals surface area contributed by atoms with E-state index in [9.17, 15) is 9.59 Å². The Hall–Kier alpha value is -2.44. The van der Waals surface area contributed by atoms with E-state index < -0.39 is 5.97 Å². The van der Waals surface area contributed by atoms with E-state index in [0.717, 1.165) is 19.3 Å². The van der Waals surface area contributed by atoms with Gasteiger partial charge in [-0.05, 0) is 36.5 Å². The van der Waals surface area contributed by atoms with Gasteiger partial charge in [0.05, 0.1) is 27.8 Å². The van der Waals surface area contributed by atoms with Crippen LogP contribution in [0.5, 0.6) is 17.2 Å².